The van der Waals surface area contributed by atoms with E-state index in [4.69, 9.17) is 10.7 Å². The molecule has 0 spiro atoms. The summed E-state index contributed by atoms with van der Waals surface area (Å²) in [7, 11) is 0. The molecule has 0 bridgehead atoms. The van der Waals surface area contributed by atoms with Crippen LogP contribution in [0.3, 0.4) is 0 Å². The maximum Gasteiger partial charge on any atom is 0.266 e. The predicted molar refractivity (Wildman–Crippen MR) is 157 cm³/mol. The van der Waals surface area contributed by atoms with Gasteiger partial charge in [-0.25, -0.2) is 4.99 Å². The molecule has 1 fully saturated rings. The predicted octanol–water partition coefficient (Wildman–Crippen LogP) is 4.25. The van der Waals surface area contributed by atoms with Crippen LogP contribution in [-0.2, 0) is 16.9 Å². The van der Waals surface area contributed by atoms with Crippen molar-refractivity contribution in [3.05, 3.63) is 138 Å². The number of piperazine rings is 1. The molecule has 7 heteroatoms. The monoisotopic (exact) mass is 529 g/mol. The van der Waals surface area contributed by atoms with Crippen molar-refractivity contribution in [2.75, 3.05) is 31.1 Å². The zero-order chi connectivity index (χ0) is 27.5. The molecule has 2 aliphatic rings. The lowest BCUT2D eigenvalue weighted by Crippen LogP contribution is -2.48. The highest BCUT2D eigenvalue weighted by molar-refractivity contribution is 6.09. The Morgan fingerprint density at radius 3 is 1.93 bits per heavy atom. The van der Waals surface area contributed by atoms with E-state index in [1.165, 1.54) is 10.6 Å². The van der Waals surface area contributed by atoms with Crippen molar-refractivity contribution in [2.45, 2.75) is 12.1 Å². The summed E-state index contributed by atoms with van der Waals surface area (Å²) < 4.78 is 0. The first-order valence-corrected chi connectivity index (χ1v) is 13.5. The Balaban J connectivity index is 1.20. The second-order valence-corrected chi connectivity index (χ2v) is 10.1. The summed E-state index contributed by atoms with van der Waals surface area (Å²) in [5, 5.41) is 0. The van der Waals surface area contributed by atoms with Crippen LogP contribution in [0.25, 0.3) is 0 Å². The minimum Gasteiger partial charge on any atom is -0.369 e. The molecule has 2 N–H and O–H groups in total. The van der Waals surface area contributed by atoms with Crippen LogP contribution in [-0.4, -0.2) is 53.8 Å². The van der Waals surface area contributed by atoms with E-state index >= 15 is 0 Å². The van der Waals surface area contributed by atoms with E-state index in [1.54, 1.807) is 0 Å². The largest absolute Gasteiger partial charge is 0.369 e. The lowest BCUT2D eigenvalue weighted by Gasteiger charge is -2.36. The number of benzene rings is 4. The molecule has 4 aromatic rings. The standard InChI is InChI=1S/C33H31N5O2/c34-32-35-33(27-13-4-1-5-14-27,28-15-6-2-7-16-28)31(40)38(32)24-25-11-10-12-26(23-25)30(39)37-21-19-36(20-22-37)29-17-8-3-9-18-29/h1-18,23H,19-22,24H2,(H2,34,35). The average molecular weight is 530 g/mol. The van der Waals surface area contributed by atoms with E-state index in [1.807, 2.05) is 108 Å². The maximum atomic E-state index is 14.1. The quantitative estimate of drug-likeness (QED) is 0.405. The number of nitrogens with zero attached hydrogens (tertiary/aromatic N) is 4. The summed E-state index contributed by atoms with van der Waals surface area (Å²) in [4.78, 5) is 38.0. The van der Waals surface area contributed by atoms with Crippen LogP contribution >= 0.6 is 0 Å². The zero-order valence-electron chi connectivity index (χ0n) is 22.2. The summed E-state index contributed by atoms with van der Waals surface area (Å²) in [6, 6.07) is 36.8. The van der Waals surface area contributed by atoms with Gasteiger partial charge < -0.3 is 15.5 Å². The molecule has 0 saturated carbocycles. The van der Waals surface area contributed by atoms with Crippen molar-refractivity contribution in [3.63, 3.8) is 0 Å². The number of amides is 2. The molecule has 4 aromatic carbocycles. The summed E-state index contributed by atoms with van der Waals surface area (Å²) in [6.45, 7) is 3.09. The second kappa shape index (κ2) is 10.7. The van der Waals surface area contributed by atoms with E-state index in [2.05, 4.69) is 17.0 Å². The van der Waals surface area contributed by atoms with Crippen LogP contribution < -0.4 is 10.6 Å². The molecule has 2 heterocycles. The number of aliphatic imine (C=N–C) groups is 1. The van der Waals surface area contributed by atoms with E-state index in [0.717, 1.165) is 29.8 Å². The van der Waals surface area contributed by atoms with Gasteiger partial charge in [-0.1, -0.05) is 91.0 Å². The summed E-state index contributed by atoms with van der Waals surface area (Å²) >= 11 is 0. The number of hydrogen-bond donors (Lipinski definition) is 1. The normalized spacial score (nSPS) is 16.6. The van der Waals surface area contributed by atoms with Gasteiger partial charge in [-0.2, -0.15) is 0 Å². The fourth-order valence-electron chi connectivity index (χ4n) is 5.61. The Bertz CT molecular complexity index is 1490. The third-order valence-corrected chi connectivity index (χ3v) is 7.70. The molecule has 1 saturated heterocycles. The molecule has 0 aromatic heterocycles. The van der Waals surface area contributed by atoms with Crippen molar-refractivity contribution < 1.29 is 9.59 Å². The second-order valence-electron chi connectivity index (χ2n) is 10.1. The third-order valence-electron chi connectivity index (χ3n) is 7.70. The van der Waals surface area contributed by atoms with Gasteiger partial charge in [-0.3, -0.25) is 14.5 Å². The van der Waals surface area contributed by atoms with Crippen LogP contribution in [0, 0.1) is 0 Å². The Morgan fingerprint density at radius 1 is 0.750 bits per heavy atom. The van der Waals surface area contributed by atoms with Gasteiger partial charge in [-0.05, 0) is 41.0 Å². The van der Waals surface area contributed by atoms with Gasteiger partial charge in [0.15, 0.2) is 11.5 Å². The number of nitrogens with two attached hydrogens (primary N) is 1. The van der Waals surface area contributed by atoms with Gasteiger partial charge in [0, 0.05) is 37.4 Å². The molecule has 40 heavy (non-hydrogen) atoms. The molecule has 6 rings (SSSR count). The van der Waals surface area contributed by atoms with Crippen LogP contribution in [0.1, 0.15) is 27.0 Å². The molecule has 0 atom stereocenters. The number of guanidine groups is 1. The van der Waals surface area contributed by atoms with E-state index < -0.39 is 5.54 Å². The highest BCUT2D eigenvalue weighted by atomic mass is 16.2. The topological polar surface area (TPSA) is 82.2 Å². The molecule has 7 nitrogen and oxygen atoms in total. The van der Waals surface area contributed by atoms with Crippen LogP contribution in [0.2, 0.25) is 0 Å². The smallest absolute Gasteiger partial charge is 0.266 e. The van der Waals surface area contributed by atoms with Gasteiger partial charge in [-0.15, -0.1) is 0 Å². The van der Waals surface area contributed by atoms with Crippen LogP contribution in [0.15, 0.2) is 120 Å². The van der Waals surface area contributed by atoms with Crippen molar-refractivity contribution in [3.8, 4) is 0 Å². The minimum absolute atomic E-state index is 0.00753. The number of rotatable bonds is 6. The fraction of sp³-hybridized carbons (Fsp3) is 0.182. The number of carbonyl (C=O) groups excluding carboxylic acids is 2. The molecule has 2 aliphatic heterocycles. The average Bonchev–Trinajstić information content (AvgIpc) is 3.28. The summed E-state index contributed by atoms with van der Waals surface area (Å²) in [6.07, 6.45) is 0. The molecule has 2 amide bonds. The number of hydrogen-bond acceptors (Lipinski definition) is 5. The Hall–Kier alpha value is -4.91. The van der Waals surface area contributed by atoms with Crippen LogP contribution in [0.5, 0.6) is 0 Å². The third kappa shape index (κ3) is 4.60. The lowest BCUT2D eigenvalue weighted by atomic mass is 9.83. The first-order valence-electron chi connectivity index (χ1n) is 13.5. The number of anilines is 1. The summed E-state index contributed by atoms with van der Waals surface area (Å²) in [5.41, 5.74) is 9.28. The first kappa shape index (κ1) is 25.4. The number of para-hydroxylation sites is 1. The maximum absolute atomic E-state index is 14.1. The van der Waals surface area contributed by atoms with Crippen molar-refractivity contribution in [2.24, 2.45) is 10.7 Å². The molecular weight excluding hydrogens is 498 g/mol. The van der Waals surface area contributed by atoms with E-state index in [-0.39, 0.29) is 24.3 Å². The Morgan fingerprint density at radius 2 is 1.32 bits per heavy atom. The van der Waals surface area contributed by atoms with Gasteiger partial charge in [0.2, 0.25) is 0 Å². The van der Waals surface area contributed by atoms with E-state index in [9.17, 15) is 9.59 Å². The highest BCUT2D eigenvalue weighted by Crippen LogP contribution is 2.40. The van der Waals surface area contributed by atoms with E-state index in [0.29, 0.717) is 18.7 Å². The highest BCUT2D eigenvalue weighted by Gasteiger charge is 2.50. The van der Waals surface area contributed by atoms with Gasteiger partial charge in [0.25, 0.3) is 11.8 Å². The Kier molecular flexibility index (Phi) is 6.78. The molecule has 0 unspecified atom stereocenters. The SMILES string of the molecule is NC1=NC(c2ccccc2)(c2ccccc2)C(=O)N1Cc1cccc(C(=O)N2CCN(c3ccccc3)CC2)c1. The summed E-state index contributed by atoms with van der Waals surface area (Å²) in [5.74, 6) is -0.0606. The van der Waals surface area contributed by atoms with Crippen LogP contribution in [0.4, 0.5) is 5.69 Å². The lowest BCUT2D eigenvalue weighted by molar-refractivity contribution is -0.130. The first-order chi connectivity index (χ1) is 19.6. The van der Waals surface area contributed by atoms with Gasteiger partial charge in [0.05, 0.1) is 6.54 Å². The van der Waals surface area contributed by atoms with Gasteiger partial charge >= 0.3 is 0 Å². The molecule has 0 radical (unpaired) electrons. The molecular formula is C33H31N5O2. The van der Waals surface area contributed by atoms with Crippen molar-refractivity contribution >= 4 is 23.5 Å². The van der Waals surface area contributed by atoms with Crippen molar-refractivity contribution in [1.82, 2.24) is 9.80 Å². The molecule has 0 aliphatic carbocycles. The Labute approximate surface area is 234 Å². The van der Waals surface area contributed by atoms with Crippen molar-refractivity contribution in [1.29, 1.82) is 0 Å². The fourth-order valence-corrected chi connectivity index (χ4v) is 5.61. The molecule has 200 valence electrons. The van der Waals surface area contributed by atoms with Gasteiger partial charge in [0.1, 0.15) is 0 Å². The minimum atomic E-state index is -1.25. The zero-order valence-corrected chi connectivity index (χ0v) is 22.2. The number of carbonyl (C=O) groups is 2.